The van der Waals surface area contributed by atoms with E-state index in [9.17, 15) is 14.0 Å². The second kappa shape index (κ2) is 6.54. The third kappa shape index (κ3) is 3.12. The Morgan fingerprint density at radius 2 is 1.96 bits per heavy atom. The predicted molar refractivity (Wildman–Crippen MR) is 86.6 cm³/mol. The average molecular weight is 327 g/mol. The molecule has 0 aliphatic heterocycles. The summed E-state index contributed by atoms with van der Waals surface area (Å²) in [5.74, 6) is -0.846. The third-order valence-electron chi connectivity index (χ3n) is 3.58. The van der Waals surface area contributed by atoms with Gasteiger partial charge in [0.25, 0.3) is 5.56 Å². The largest absolute Gasteiger partial charge is 0.497 e. The Morgan fingerprint density at radius 3 is 2.71 bits per heavy atom. The maximum absolute atomic E-state index is 13.6. The van der Waals surface area contributed by atoms with Crippen LogP contribution in [0.1, 0.15) is 15.9 Å². The Balaban J connectivity index is 1.84. The molecule has 1 aromatic heterocycles. The molecule has 3 aromatic rings. The van der Waals surface area contributed by atoms with Crippen molar-refractivity contribution in [1.82, 2.24) is 4.98 Å². The van der Waals surface area contributed by atoms with Crippen LogP contribution in [0.5, 0.6) is 5.75 Å². The Labute approximate surface area is 136 Å². The molecule has 1 heterocycles. The van der Waals surface area contributed by atoms with E-state index in [0.29, 0.717) is 11.3 Å². The van der Waals surface area contributed by atoms with E-state index in [1.54, 1.807) is 31.4 Å². The molecular weight excluding hydrogens is 313 g/mol. The van der Waals surface area contributed by atoms with Crippen molar-refractivity contribution in [3.05, 3.63) is 75.8 Å². The number of carbonyl (C=O) groups is 1. The molecule has 5 nitrogen and oxygen atoms in total. The van der Waals surface area contributed by atoms with E-state index in [1.165, 1.54) is 24.3 Å². The smallest absolute Gasteiger partial charge is 0.341 e. The number of nitrogens with one attached hydrogen (secondary N) is 1. The number of rotatable bonds is 4. The van der Waals surface area contributed by atoms with Crippen LogP contribution in [0.2, 0.25) is 0 Å². The Kier molecular flexibility index (Phi) is 4.29. The summed E-state index contributed by atoms with van der Waals surface area (Å²) >= 11 is 0. The molecule has 0 fully saturated rings. The lowest BCUT2D eigenvalue weighted by Crippen LogP contribution is -2.16. The lowest BCUT2D eigenvalue weighted by Gasteiger charge is -2.07. The molecule has 0 radical (unpaired) electrons. The number of fused-ring (bicyclic) bond motifs is 1. The number of pyridine rings is 1. The van der Waals surface area contributed by atoms with Gasteiger partial charge in [0, 0.05) is 10.9 Å². The van der Waals surface area contributed by atoms with Crippen molar-refractivity contribution in [3.63, 3.8) is 0 Å². The summed E-state index contributed by atoms with van der Waals surface area (Å²) in [5, 5.41) is 0.742. The number of hydrogen-bond acceptors (Lipinski definition) is 4. The zero-order valence-corrected chi connectivity index (χ0v) is 12.8. The highest BCUT2D eigenvalue weighted by atomic mass is 19.1. The first-order chi connectivity index (χ1) is 11.6. The number of carbonyl (C=O) groups excluding carboxylic acids is 1. The van der Waals surface area contributed by atoms with Gasteiger partial charge in [-0.05, 0) is 36.4 Å². The maximum Gasteiger partial charge on any atom is 0.341 e. The lowest BCUT2D eigenvalue weighted by atomic mass is 10.1. The summed E-state index contributed by atoms with van der Waals surface area (Å²) in [6.45, 7) is -0.254. The van der Waals surface area contributed by atoms with Crippen LogP contribution in [0.15, 0.2) is 53.3 Å². The standard InChI is InChI=1S/C18H14FNO4/c1-23-13-6-7-16-11(9-13)8-12(17(21)20-16)10-24-18(22)14-4-2-3-5-15(14)19/h2-9H,10H2,1H3,(H,20,21). The zero-order valence-electron chi connectivity index (χ0n) is 12.8. The van der Waals surface area contributed by atoms with Crippen molar-refractivity contribution in [1.29, 1.82) is 0 Å². The fraction of sp³-hybridized carbons (Fsp3) is 0.111. The zero-order chi connectivity index (χ0) is 17.1. The summed E-state index contributed by atoms with van der Waals surface area (Å²) in [6.07, 6.45) is 0. The van der Waals surface area contributed by atoms with Gasteiger partial charge in [-0.15, -0.1) is 0 Å². The van der Waals surface area contributed by atoms with Crippen molar-refractivity contribution in [2.75, 3.05) is 7.11 Å². The Bertz CT molecular complexity index is 965. The van der Waals surface area contributed by atoms with Gasteiger partial charge < -0.3 is 14.5 Å². The Morgan fingerprint density at radius 1 is 1.17 bits per heavy atom. The molecule has 122 valence electrons. The predicted octanol–water partition coefficient (Wildman–Crippen LogP) is 3.03. The summed E-state index contributed by atoms with van der Waals surface area (Å²) in [6, 6.07) is 12.3. The SMILES string of the molecule is COc1ccc2[nH]c(=O)c(COC(=O)c3ccccc3F)cc2c1. The van der Waals surface area contributed by atoms with Crippen molar-refractivity contribution in [2.24, 2.45) is 0 Å². The van der Waals surface area contributed by atoms with Gasteiger partial charge in [0.2, 0.25) is 0 Å². The van der Waals surface area contributed by atoms with Gasteiger partial charge in [0.15, 0.2) is 0 Å². The molecule has 0 amide bonds. The van der Waals surface area contributed by atoms with Gasteiger partial charge in [-0.2, -0.15) is 0 Å². The van der Waals surface area contributed by atoms with Crippen LogP contribution in [0.3, 0.4) is 0 Å². The monoisotopic (exact) mass is 327 g/mol. The highest BCUT2D eigenvalue weighted by Gasteiger charge is 2.13. The van der Waals surface area contributed by atoms with Crippen LogP contribution in [0, 0.1) is 5.82 Å². The van der Waals surface area contributed by atoms with Crippen LogP contribution in [0.25, 0.3) is 10.9 Å². The average Bonchev–Trinajstić information content (AvgIpc) is 2.59. The second-order valence-electron chi connectivity index (χ2n) is 5.13. The normalized spacial score (nSPS) is 10.6. The number of aromatic nitrogens is 1. The molecule has 1 N–H and O–H groups in total. The molecule has 0 spiro atoms. The molecule has 0 bridgehead atoms. The fourth-order valence-corrected chi connectivity index (χ4v) is 2.31. The van der Waals surface area contributed by atoms with Gasteiger partial charge >= 0.3 is 5.97 Å². The summed E-state index contributed by atoms with van der Waals surface area (Å²) in [7, 11) is 1.55. The first-order valence-electron chi connectivity index (χ1n) is 7.20. The highest BCUT2D eigenvalue weighted by molar-refractivity contribution is 5.89. The fourth-order valence-electron chi connectivity index (χ4n) is 2.31. The minimum atomic E-state index is -0.821. The molecule has 0 saturated heterocycles. The maximum atomic E-state index is 13.6. The van der Waals surface area contributed by atoms with Gasteiger partial charge in [0.05, 0.1) is 18.2 Å². The first-order valence-corrected chi connectivity index (χ1v) is 7.20. The van der Waals surface area contributed by atoms with E-state index in [1.807, 2.05) is 0 Å². The summed E-state index contributed by atoms with van der Waals surface area (Å²) < 4.78 is 23.7. The van der Waals surface area contributed by atoms with E-state index in [0.717, 1.165) is 5.39 Å². The van der Waals surface area contributed by atoms with Crippen LogP contribution in [-0.4, -0.2) is 18.1 Å². The molecule has 0 unspecified atom stereocenters. The molecule has 6 heteroatoms. The number of H-pyrrole nitrogens is 1. The molecule has 0 aliphatic rings. The number of benzene rings is 2. The minimum Gasteiger partial charge on any atom is -0.497 e. The van der Waals surface area contributed by atoms with Crippen LogP contribution in [-0.2, 0) is 11.3 Å². The molecule has 2 aromatic carbocycles. The molecule has 0 aliphatic carbocycles. The van der Waals surface area contributed by atoms with E-state index in [4.69, 9.17) is 9.47 Å². The number of hydrogen-bond donors (Lipinski definition) is 1. The number of methoxy groups -OCH3 is 1. The summed E-state index contributed by atoms with van der Waals surface area (Å²) in [5.41, 5.74) is 0.371. The van der Waals surface area contributed by atoms with Crippen LogP contribution in [0.4, 0.5) is 4.39 Å². The van der Waals surface area contributed by atoms with Crippen molar-refractivity contribution < 1.29 is 18.7 Å². The number of aromatic amines is 1. The Hall–Kier alpha value is -3.15. The minimum absolute atomic E-state index is 0.170. The number of esters is 1. The van der Waals surface area contributed by atoms with Crippen molar-refractivity contribution in [3.8, 4) is 5.75 Å². The highest BCUT2D eigenvalue weighted by Crippen LogP contribution is 2.19. The number of halogens is 1. The molecule has 24 heavy (non-hydrogen) atoms. The van der Waals surface area contributed by atoms with Gasteiger partial charge in [-0.25, -0.2) is 9.18 Å². The van der Waals surface area contributed by atoms with Crippen LogP contribution < -0.4 is 10.3 Å². The van der Waals surface area contributed by atoms with Gasteiger partial charge in [-0.1, -0.05) is 12.1 Å². The van der Waals surface area contributed by atoms with Crippen molar-refractivity contribution in [2.45, 2.75) is 6.61 Å². The van der Waals surface area contributed by atoms with E-state index < -0.39 is 11.8 Å². The number of ether oxygens (including phenoxy) is 2. The summed E-state index contributed by atoms with van der Waals surface area (Å²) in [4.78, 5) is 26.7. The lowest BCUT2D eigenvalue weighted by molar-refractivity contribution is 0.0466. The van der Waals surface area contributed by atoms with E-state index in [2.05, 4.69) is 4.98 Å². The molecule has 0 atom stereocenters. The van der Waals surface area contributed by atoms with Gasteiger partial charge in [0.1, 0.15) is 18.2 Å². The second-order valence-corrected chi connectivity index (χ2v) is 5.13. The van der Waals surface area contributed by atoms with Crippen molar-refractivity contribution >= 4 is 16.9 Å². The molecule has 3 rings (SSSR count). The topological polar surface area (TPSA) is 68.4 Å². The molecular formula is C18H14FNO4. The first kappa shape index (κ1) is 15.7. The van der Waals surface area contributed by atoms with Gasteiger partial charge in [-0.3, -0.25) is 4.79 Å². The van der Waals surface area contributed by atoms with E-state index >= 15 is 0 Å². The van der Waals surface area contributed by atoms with E-state index in [-0.39, 0.29) is 23.3 Å². The quantitative estimate of drug-likeness (QED) is 0.748. The third-order valence-corrected chi connectivity index (χ3v) is 3.58. The molecule has 0 saturated carbocycles. The van der Waals surface area contributed by atoms with Crippen LogP contribution >= 0.6 is 0 Å².